The van der Waals surface area contributed by atoms with E-state index in [4.69, 9.17) is 4.74 Å². The van der Waals surface area contributed by atoms with Crippen LogP contribution in [0.3, 0.4) is 0 Å². The number of thioether (sulfide) groups is 1. The van der Waals surface area contributed by atoms with Crippen LogP contribution in [-0.4, -0.2) is 34.6 Å². The van der Waals surface area contributed by atoms with Gasteiger partial charge in [-0.25, -0.2) is 0 Å². The van der Waals surface area contributed by atoms with E-state index in [1.807, 2.05) is 82.3 Å². The Bertz CT molecular complexity index is 1310. The number of hydrogen-bond acceptors (Lipinski definition) is 5. The normalized spacial score (nSPS) is 15.0. The lowest BCUT2D eigenvalue weighted by Gasteiger charge is -2.15. The summed E-state index contributed by atoms with van der Waals surface area (Å²) in [6, 6.07) is 17.3. The molecule has 0 aliphatic carbocycles. The Morgan fingerprint density at radius 2 is 1.76 bits per heavy atom. The Balaban J connectivity index is 1.60. The Morgan fingerprint density at radius 3 is 2.47 bits per heavy atom. The van der Waals surface area contributed by atoms with Gasteiger partial charge in [0.1, 0.15) is 12.3 Å². The number of nitrogens with one attached hydrogen (secondary N) is 1. The van der Waals surface area contributed by atoms with Crippen molar-refractivity contribution >= 4 is 51.4 Å². The van der Waals surface area contributed by atoms with Gasteiger partial charge in [-0.05, 0) is 85.6 Å². The highest BCUT2D eigenvalue weighted by Crippen LogP contribution is 2.37. The molecular weight excluding hydrogens is 448 g/mol. The van der Waals surface area contributed by atoms with E-state index in [1.54, 1.807) is 6.08 Å². The van der Waals surface area contributed by atoms with E-state index >= 15 is 0 Å². The third-order valence-electron chi connectivity index (χ3n) is 5.25. The Morgan fingerprint density at radius 1 is 1.06 bits per heavy atom. The number of anilines is 1. The molecule has 0 aromatic heterocycles. The number of nitrogens with zero attached hydrogens (tertiary/aromatic N) is 1. The third-order valence-corrected chi connectivity index (χ3v) is 6.16. The van der Waals surface area contributed by atoms with Crippen molar-refractivity contribution in [2.75, 3.05) is 11.9 Å². The first-order valence-electron chi connectivity index (χ1n) is 11.0. The molecule has 0 saturated carbocycles. The van der Waals surface area contributed by atoms with Crippen molar-refractivity contribution in [3.8, 4) is 5.75 Å². The molecule has 0 atom stereocenters. The number of ether oxygens (including phenoxy) is 1. The van der Waals surface area contributed by atoms with Gasteiger partial charge in [0.15, 0.2) is 0 Å². The zero-order valence-corrected chi connectivity index (χ0v) is 20.4. The molecule has 3 aromatic rings. The molecule has 174 valence electrons. The Kier molecular flexibility index (Phi) is 6.75. The lowest BCUT2D eigenvalue weighted by molar-refractivity contribution is -0.127. The molecule has 4 rings (SSSR count). The highest BCUT2D eigenvalue weighted by atomic mass is 32.2. The van der Waals surface area contributed by atoms with Gasteiger partial charge in [0.25, 0.3) is 11.1 Å². The highest BCUT2D eigenvalue weighted by Gasteiger charge is 2.36. The Labute approximate surface area is 203 Å². The topological polar surface area (TPSA) is 75.7 Å². The minimum atomic E-state index is -0.492. The van der Waals surface area contributed by atoms with Crippen LogP contribution in [0.15, 0.2) is 59.5 Å². The van der Waals surface area contributed by atoms with Crippen molar-refractivity contribution in [2.45, 2.75) is 33.8 Å². The molecule has 1 fully saturated rings. The first kappa shape index (κ1) is 23.6. The van der Waals surface area contributed by atoms with Crippen molar-refractivity contribution in [1.82, 2.24) is 4.90 Å². The van der Waals surface area contributed by atoms with Crippen LogP contribution in [-0.2, 0) is 9.59 Å². The van der Waals surface area contributed by atoms with E-state index < -0.39 is 17.1 Å². The van der Waals surface area contributed by atoms with Gasteiger partial charge in [-0.15, -0.1) is 0 Å². The standard InChI is InChI=1S/C27H26N2O4S/c1-16(2)33-23-10-9-19-7-5-6-8-21(19)22(23)14-24-26(31)29(27(32)34-24)15-25(30)28-20-12-17(3)11-18(4)13-20/h5-14,16H,15H2,1-4H3,(H,28,30)/b24-14+. The summed E-state index contributed by atoms with van der Waals surface area (Å²) < 4.78 is 5.98. The first-order chi connectivity index (χ1) is 16.2. The summed E-state index contributed by atoms with van der Waals surface area (Å²) in [6.45, 7) is 7.39. The summed E-state index contributed by atoms with van der Waals surface area (Å²) in [7, 11) is 0. The number of rotatable bonds is 6. The van der Waals surface area contributed by atoms with Gasteiger partial charge < -0.3 is 10.1 Å². The molecule has 0 bridgehead atoms. The fraction of sp³-hybridized carbons (Fsp3) is 0.222. The van der Waals surface area contributed by atoms with Crippen LogP contribution in [0.1, 0.15) is 30.5 Å². The van der Waals surface area contributed by atoms with Crippen LogP contribution in [0.5, 0.6) is 5.75 Å². The predicted octanol–water partition coefficient (Wildman–Crippen LogP) is 5.92. The summed E-state index contributed by atoms with van der Waals surface area (Å²) in [5.41, 5.74) is 3.39. The molecule has 1 N–H and O–H groups in total. The molecular formula is C27H26N2O4S. The predicted molar refractivity (Wildman–Crippen MR) is 137 cm³/mol. The second-order valence-corrected chi connectivity index (χ2v) is 9.55. The van der Waals surface area contributed by atoms with Crippen LogP contribution in [0.25, 0.3) is 16.8 Å². The molecule has 3 aromatic carbocycles. The molecule has 6 nitrogen and oxygen atoms in total. The molecule has 1 saturated heterocycles. The fourth-order valence-corrected chi connectivity index (χ4v) is 4.76. The SMILES string of the molecule is Cc1cc(C)cc(NC(=O)CN2C(=O)S/C(=C/c3c(OC(C)C)ccc4ccccc34)C2=O)c1. The molecule has 1 aliphatic rings. The third kappa shape index (κ3) is 5.15. The van der Waals surface area contributed by atoms with Crippen molar-refractivity contribution in [1.29, 1.82) is 0 Å². The monoisotopic (exact) mass is 474 g/mol. The van der Waals surface area contributed by atoms with Crippen molar-refractivity contribution < 1.29 is 19.1 Å². The summed E-state index contributed by atoms with van der Waals surface area (Å²) in [6.07, 6.45) is 1.63. The van der Waals surface area contributed by atoms with Gasteiger partial charge in [-0.1, -0.05) is 36.4 Å². The van der Waals surface area contributed by atoms with Crippen molar-refractivity contribution in [3.63, 3.8) is 0 Å². The van der Waals surface area contributed by atoms with E-state index in [2.05, 4.69) is 5.32 Å². The maximum atomic E-state index is 13.1. The molecule has 1 heterocycles. The largest absolute Gasteiger partial charge is 0.490 e. The number of aryl methyl sites for hydroxylation is 2. The minimum absolute atomic E-state index is 0.0580. The van der Waals surface area contributed by atoms with E-state index in [-0.39, 0.29) is 17.6 Å². The van der Waals surface area contributed by atoms with Crippen LogP contribution >= 0.6 is 11.8 Å². The number of hydrogen-bond donors (Lipinski definition) is 1. The van der Waals surface area contributed by atoms with Crippen LogP contribution < -0.4 is 10.1 Å². The maximum absolute atomic E-state index is 13.1. The average molecular weight is 475 g/mol. The first-order valence-corrected chi connectivity index (χ1v) is 11.8. The number of benzene rings is 3. The van der Waals surface area contributed by atoms with Gasteiger partial charge in [0, 0.05) is 11.3 Å². The van der Waals surface area contributed by atoms with Gasteiger partial charge in [-0.2, -0.15) is 0 Å². The molecule has 7 heteroatoms. The molecule has 34 heavy (non-hydrogen) atoms. The van der Waals surface area contributed by atoms with Crippen LogP contribution in [0.2, 0.25) is 0 Å². The fourth-order valence-electron chi connectivity index (χ4n) is 3.94. The number of fused-ring (bicyclic) bond motifs is 1. The summed E-state index contributed by atoms with van der Waals surface area (Å²) in [5.74, 6) is -0.287. The zero-order chi connectivity index (χ0) is 24.4. The van der Waals surface area contributed by atoms with Crippen molar-refractivity contribution in [2.24, 2.45) is 0 Å². The summed E-state index contributed by atoms with van der Waals surface area (Å²) in [5, 5.41) is 4.22. The summed E-state index contributed by atoms with van der Waals surface area (Å²) in [4.78, 5) is 39.5. The number of amides is 3. The quantitative estimate of drug-likeness (QED) is 0.449. The van der Waals surface area contributed by atoms with Gasteiger partial charge in [-0.3, -0.25) is 19.3 Å². The van der Waals surface area contributed by atoms with E-state index in [9.17, 15) is 14.4 Å². The van der Waals surface area contributed by atoms with Crippen molar-refractivity contribution in [3.05, 3.63) is 76.2 Å². The molecule has 1 aliphatic heterocycles. The maximum Gasteiger partial charge on any atom is 0.294 e. The molecule has 3 amide bonds. The lowest BCUT2D eigenvalue weighted by atomic mass is 10.0. The average Bonchev–Trinajstić information content (AvgIpc) is 3.01. The number of carbonyl (C=O) groups is 3. The zero-order valence-electron chi connectivity index (χ0n) is 19.5. The molecule has 0 spiro atoms. The van der Waals surface area contributed by atoms with Gasteiger partial charge >= 0.3 is 0 Å². The van der Waals surface area contributed by atoms with Gasteiger partial charge in [0.05, 0.1) is 11.0 Å². The molecule has 0 unspecified atom stereocenters. The smallest absolute Gasteiger partial charge is 0.294 e. The second-order valence-electron chi connectivity index (χ2n) is 8.56. The van der Waals surface area contributed by atoms with E-state index in [0.29, 0.717) is 11.4 Å². The van der Waals surface area contributed by atoms with E-state index in [0.717, 1.165) is 44.1 Å². The lowest BCUT2D eigenvalue weighted by Crippen LogP contribution is -2.36. The van der Waals surface area contributed by atoms with Crippen LogP contribution in [0.4, 0.5) is 10.5 Å². The molecule has 0 radical (unpaired) electrons. The number of carbonyl (C=O) groups excluding carboxylic acids is 3. The van der Waals surface area contributed by atoms with E-state index in [1.165, 1.54) is 0 Å². The minimum Gasteiger partial charge on any atom is -0.490 e. The Hall–Kier alpha value is -3.58. The number of imide groups is 1. The van der Waals surface area contributed by atoms with Crippen LogP contribution in [0, 0.1) is 13.8 Å². The second kappa shape index (κ2) is 9.73. The van der Waals surface area contributed by atoms with Gasteiger partial charge in [0.2, 0.25) is 5.91 Å². The highest BCUT2D eigenvalue weighted by molar-refractivity contribution is 8.18. The summed E-state index contributed by atoms with van der Waals surface area (Å²) >= 11 is 0.829.